The number of hydrogen-bond donors (Lipinski definition) is 0. The Hall–Kier alpha value is -2.62. The predicted molar refractivity (Wildman–Crippen MR) is 109 cm³/mol. The Morgan fingerprint density at radius 2 is 1.85 bits per heavy atom. The van der Waals surface area contributed by atoms with Crippen molar-refractivity contribution in [3.8, 4) is 0 Å². The monoisotopic (exact) mass is 364 g/mol. The zero-order valence-corrected chi connectivity index (χ0v) is 16.6. The van der Waals surface area contributed by atoms with Crippen LogP contribution in [0.15, 0.2) is 48.5 Å². The van der Waals surface area contributed by atoms with Gasteiger partial charge in [-0.2, -0.15) is 0 Å². The van der Waals surface area contributed by atoms with Crippen molar-refractivity contribution in [2.45, 2.75) is 46.7 Å². The van der Waals surface area contributed by atoms with E-state index >= 15 is 0 Å². The van der Waals surface area contributed by atoms with Gasteiger partial charge in [0.1, 0.15) is 0 Å². The molecule has 0 saturated carbocycles. The van der Waals surface area contributed by atoms with Crippen molar-refractivity contribution < 1.29 is 9.59 Å². The van der Waals surface area contributed by atoms with E-state index < -0.39 is 0 Å². The molecule has 142 valence electrons. The number of aryl methyl sites for hydroxylation is 2. The van der Waals surface area contributed by atoms with Gasteiger partial charge in [-0.25, -0.2) is 0 Å². The average Bonchev–Trinajstić information content (AvgIpc) is 3.03. The van der Waals surface area contributed by atoms with E-state index in [9.17, 15) is 9.59 Å². The number of carbonyl (C=O) groups is 2. The summed E-state index contributed by atoms with van der Waals surface area (Å²) in [6, 6.07) is 16.2. The first kappa shape index (κ1) is 19.2. The predicted octanol–water partition coefficient (Wildman–Crippen LogP) is 4.09. The van der Waals surface area contributed by atoms with E-state index in [1.807, 2.05) is 81.1 Å². The van der Waals surface area contributed by atoms with Crippen LogP contribution in [0.5, 0.6) is 0 Å². The van der Waals surface area contributed by atoms with E-state index in [0.29, 0.717) is 13.1 Å². The molecule has 0 spiro atoms. The zero-order chi connectivity index (χ0) is 19.6. The fraction of sp³-hybridized carbons (Fsp3) is 0.391. The maximum atomic E-state index is 13.2. The molecular weight excluding hydrogens is 336 g/mol. The summed E-state index contributed by atoms with van der Waals surface area (Å²) in [4.78, 5) is 29.5. The molecule has 2 aromatic carbocycles. The average molecular weight is 364 g/mol. The molecule has 2 aromatic rings. The lowest BCUT2D eigenvalue weighted by molar-refractivity contribution is -0.138. The molecule has 0 aliphatic carbocycles. The van der Waals surface area contributed by atoms with Crippen molar-refractivity contribution in [1.29, 1.82) is 0 Å². The van der Waals surface area contributed by atoms with Gasteiger partial charge in [-0.3, -0.25) is 9.59 Å². The number of nitrogens with zero attached hydrogens (tertiary/aromatic N) is 2. The maximum absolute atomic E-state index is 13.2. The third-order valence-electron chi connectivity index (χ3n) is 5.23. The second-order valence-corrected chi connectivity index (χ2v) is 7.74. The van der Waals surface area contributed by atoms with Crippen molar-refractivity contribution in [1.82, 2.24) is 4.90 Å². The summed E-state index contributed by atoms with van der Waals surface area (Å²) < 4.78 is 0. The van der Waals surface area contributed by atoms with Gasteiger partial charge in [-0.05, 0) is 50.5 Å². The fourth-order valence-electron chi connectivity index (χ4n) is 3.65. The minimum absolute atomic E-state index is 0.0328. The molecule has 0 radical (unpaired) electrons. The molecule has 27 heavy (non-hydrogen) atoms. The minimum atomic E-state index is -0.288. The molecule has 2 amide bonds. The summed E-state index contributed by atoms with van der Waals surface area (Å²) in [5.41, 5.74) is 4.21. The lowest BCUT2D eigenvalue weighted by atomic mass is 10.0. The Bertz CT molecular complexity index is 830. The van der Waals surface area contributed by atoms with Crippen molar-refractivity contribution in [2.75, 3.05) is 11.4 Å². The highest BCUT2D eigenvalue weighted by atomic mass is 16.2. The first-order chi connectivity index (χ1) is 12.9. The van der Waals surface area contributed by atoms with Crippen LogP contribution in [-0.2, 0) is 16.1 Å². The first-order valence-corrected chi connectivity index (χ1v) is 9.59. The molecule has 1 unspecified atom stereocenters. The van der Waals surface area contributed by atoms with Gasteiger partial charge in [0.25, 0.3) is 0 Å². The third kappa shape index (κ3) is 4.21. The minimum Gasteiger partial charge on any atom is -0.336 e. The van der Waals surface area contributed by atoms with Crippen LogP contribution < -0.4 is 4.90 Å². The second-order valence-electron chi connectivity index (χ2n) is 7.74. The molecule has 0 bridgehead atoms. The van der Waals surface area contributed by atoms with Crippen molar-refractivity contribution >= 4 is 17.5 Å². The fourth-order valence-corrected chi connectivity index (χ4v) is 3.65. The van der Waals surface area contributed by atoms with Crippen LogP contribution in [0.1, 0.15) is 37.0 Å². The SMILES string of the molecule is Cc1ccc(C)c(N2CC(C(=O)N(Cc3ccccc3)C(C)C)CC2=O)c1. The molecule has 1 saturated heterocycles. The van der Waals surface area contributed by atoms with E-state index in [4.69, 9.17) is 0 Å². The molecular formula is C23H28N2O2. The Morgan fingerprint density at radius 1 is 1.15 bits per heavy atom. The van der Waals surface area contributed by atoms with Gasteiger partial charge in [0, 0.05) is 31.2 Å². The van der Waals surface area contributed by atoms with Crippen LogP contribution in [0.2, 0.25) is 0 Å². The highest BCUT2D eigenvalue weighted by molar-refractivity contribution is 6.00. The molecule has 4 nitrogen and oxygen atoms in total. The quantitative estimate of drug-likeness (QED) is 0.802. The highest BCUT2D eigenvalue weighted by Crippen LogP contribution is 2.30. The van der Waals surface area contributed by atoms with Crippen molar-refractivity contribution in [2.24, 2.45) is 5.92 Å². The summed E-state index contributed by atoms with van der Waals surface area (Å²) >= 11 is 0. The standard InChI is InChI=1S/C23H28N2O2/c1-16(2)24(14-19-8-6-5-7-9-19)23(27)20-13-22(26)25(15-20)21-12-17(3)10-11-18(21)4/h5-12,16,20H,13-15H2,1-4H3. The molecule has 1 aliphatic rings. The van der Waals surface area contributed by atoms with Crippen LogP contribution in [0, 0.1) is 19.8 Å². The number of hydrogen-bond acceptors (Lipinski definition) is 2. The molecule has 0 aromatic heterocycles. The molecule has 0 N–H and O–H groups in total. The number of anilines is 1. The van der Waals surface area contributed by atoms with E-state index in [1.165, 1.54) is 0 Å². The normalized spacial score (nSPS) is 16.9. The number of carbonyl (C=O) groups excluding carboxylic acids is 2. The largest absolute Gasteiger partial charge is 0.336 e. The summed E-state index contributed by atoms with van der Waals surface area (Å²) in [6.45, 7) is 9.12. The summed E-state index contributed by atoms with van der Waals surface area (Å²) in [6.07, 6.45) is 0.282. The second kappa shape index (κ2) is 7.95. The molecule has 1 atom stereocenters. The van der Waals surface area contributed by atoms with Crippen LogP contribution >= 0.6 is 0 Å². The molecule has 1 heterocycles. The maximum Gasteiger partial charge on any atom is 0.228 e. The zero-order valence-electron chi connectivity index (χ0n) is 16.6. The van der Waals surface area contributed by atoms with Gasteiger partial charge in [0.15, 0.2) is 0 Å². The molecule has 1 aliphatic heterocycles. The summed E-state index contributed by atoms with van der Waals surface area (Å²) in [7, 11) is 0. The van der Waals surface area contributed by atoms with Crippen LogP contribution in [0.3, 0.4) is 0 Å². The van der Waals surface area contributed by atoms with E-state index in [0.717, 1.165) is 22.4 Å². The van der Waals surface area contributed by atoms with Gasteiger partial charge in [0.2, 0.25) is 11.8 Å². The Morgan fingerprint density at radius 3 is 2.52 bits per heavy atom. The van der Waals surface area contributed by atoms with Gasteiger partial charge < -0.3 is 9.80 Å². The van der Waals surface area contributed by atoms with Crippen LogP contribution in [0.4, 0.5) is 5.69 Å². The summed E-state index contributed by atoms with van der Waals surface area (Å²) in [5.74, 6) is -0.191. The van der Waals surface area contributed by atoms with Crippen LogP contribution in [0.25, 0.3) is 0 Å². The van der Waals surface area contributed by atoms with Crippen molar-refractivity contribution in [3.63, 3.8) is 0 Å². The highest BCUT2D eigenvalue weighted by Gasteiger charge is 2.38. The van der Waals surface area contributed by atoms with Gasteiger partial charge in [-0.1, -0.05) is 42.5 Å². The molecule has 1 fully saturated rings. The van der Waals surface area contributed by atoms with Gasteiger partial charge in [0.05, 0.1) is 5.92 Å². The first-order valence-electron chi connectivity index (χ1n) is 9.59. The number of amides is 2. The molecule has 3 rings (SSSR count). The summed E-state index contributed by atoms with van der Waals surface area (Å²) in [5, 5.41) is 0. The van der Waals surface area contributed by atoms with E-state index in [1.54, 1.807) is 4.90 Å². The lowest BCUT2D eigenvalue weighted by Gasteiger charge is -2.29. The Labute approximate surface area is 161 Å². The topological polar surface area (TPSA) is 40.6 Å². The van der Waals surface area contributed by atoms with E-state index in [2.05, 4.69) is 0 Å². The van der Waals surface area contributed by atoms with E-state index in [-0.39, 0.29) is 30.2 Å². The van der Waals surface area contributed by atoms with Gasteiger partial charge in [-0.15, -0.1) is 0 Å². The third-order valence-corrected chi connectivity index (χ3v) is 5.23. The molecule has 4 heteroatoms. The van der Waals surface area contributed by atoms with Crippen LogP contribution in [-0.4, -0.2) is 29.3 Å². The Balaban J connectivity index is 1.78. The van der Waals surface area contributed by atoms with Crippen molar-refractivity contribution in [3.05, 3.63) is 65.2 Å². The Kier molecular flexibility index (Phi) is 5.64. The van der Waals surface area contributed by atoms with Gasteiger partial charge >= 0.3 is 0 Å². The number of benzene rings is 2. The smallest absolute Gasteiger partial charge is 0.228 e. The lowest BCUT2D eigenvalue weighted by Crippen LogP contribution is -2.41. The number of rotatable bonds is 5.